The van der Waals surface area contributed by atoms with Crippen LogP contribution in [0.25, 0.3) is 0 Å². The summed E-state index contributed by atoms with van der Waals surface area (Å²) in [5, 5.41) is 2.84. The number of amides is 1. The maximum Gasteiger partial charge on any atom is 0.418 e. The lowest BCUT2D eigenvalue weighted by molar-refractivity contribution is -0.137. The van der Waals surface area contributed by atoms with E-state index in [1.54, 1.807) is 7.05 Å². The molecule has 0 aromatic heterocycles. The Morgan fingerprint density at radius 1 is 1.32 bits per heavy atom. The normalized spacial score (nSPS) is 20.7. The van der Waals surface area contributed by atoms with E-state index in [0.717, 1.165) is 6.07 Å². The number of rotatable bonds is 2. The Hall–Kier alpha value is -1.56. The zero-order valence-electron chi connectivity index (χ0n) is 10.5. The molecule has 1 unspecified atom stereocenters. The third-order valence-electron chi connectivity index (χ3n) is 3.29. The largest absolute Gasteiger partial charge is 0.418 e. The molecule has 0 aliphatic carbocycles. The highest BCUT2D eigenvalue weighted by Crippen LogP contribution is 2.37. The molecule has 1 atom stereocenters. The van der Waals surface area contributed by atoms with Gasteiger partial charge >= 0.3 is 6.18 Å². The van der Waals surface area contributed by atoms with Crippen molar-refractivity contribution in [3.8, 4) is 0 Å². The van der Waals surface area contributed by atoms with Crippen molar-refractivity contribution in [2.75, 3.05) is 18.5 Å². The lowest BCUT2D eigenvalue weighted by Crippen LogP contribution is -2.50. The standard InChI is InChI=1S/C13H15F3N2O/c1-17-10-6-4-8-18(12(10)19)11-7-3-2-5-9(11)13(14,15)16/h2-3,5,7,10,17H,4,6,8H2,1H3. The second-order valence-corrected chi connectivity index (χ2v) is 4.49. The van der Waals surface area contributed by atoms with Gasteiger partial charge in [-0.15, -0.1) is 0 Å². The number of carbonyl (C=O) groups excluding carboxylic acids is 1. The van der Waals surface area contributed by atoms with Crippen LogP contribution in [0.3, 0.4) is 0 Å². The quantitative estimate of drug-likeness (QED) is 0.896. The molecular weight excluding hydrogens is 257 g/mol. The second-order valence-electron chi connectivity index (χ2n) is 4.49. The number of benzene rings is 1. The molecular formula is C13H15F3N2O. The zero-order chi connectivity index (χ0) is 14.0. The van der Waals surface area contributed by atoms with Gasteiger partial charge in [0.15, 0.2) is 0 Å². The summed E-state index contributed by atoms with van der Waals surface area (Å²) in [6.07, 6.45) is -3.12. The first kappa shape index (κ1) is 13.9. The van der Waals surface area contributed by atoms with Crippen LogP contribution in [0.5, 0.6) is 0 Å². The summed E-state index contributed by atoms with van der Waals surface area (Å²) in [6.45, 7) is 0.324. The highest BCUT2D eigenvalue weighted by atomic mass is 19.4. The van der Waals surface area contributed by atoms with Crippen LogP contribution < -0.4 is 10.2 Å². The van der Waals surface area contributed by atoms with Crippen molar-refractivity contribution in [2.45, 2.75) is 25.1 Å². The van der Waals surface area contributed by atoms with Gasteiger partial charge in [-0.2, -0.15) is 13.2 Å². The summed E-state index contributed by atoms with van der Waals surface area (Å²) in [5.74, 6) is -0.301. The Bertz CT molecular complexity index is 473. The molecule has 0 spiro atoms. The molecule has 3 nitrogen and oxygen atoms in total. The van der Waals surface area contributed by atoms with Gasteiger partial charge in [-0.25, -0.2) is 0 Å². The van der Waals surface area contributed by atoms with Crippen molar-refractivity contribution in [1.29, 1.82) is 0 Å². The van der Waals surface area contributed by atoms with Crippen molar-refractivity contribution in [1.82, 2.24) is 5.32 Å². The van der Waals surface area contributed by atoms with Crippen LogP contribution >= 0.6 is 0 Å². The van der Waals surface area contributed by atoms with Gasteiger partial charge in [0.1, 0.15) is 0 Å². The number of hydrogen-bond donors (Lipinski definition) is 1. The molecule has 1 aliphatic heterocycles. The number of carbonyl (C=O) groups is 1. The van der Waals surface area contributed by atoms with E-state index in [1.165, 1.54) is 23.1 Å². The van der Waals surface area contributed by atoms with Crippen LogP contribution in [0.2, 0.25) is 0 Å². The fourth-order valence-electron chi connectivity index (χ4n) is 2.33. The first-order valence-electron chi connectivity index (χ1n) is 6.10. The summed E-state index contributed by atoms with van der Waals surface area (Å²) >= 11 is 0. The number of likely N-dealkylation sites (N-methyl/N-ethyl adjacent to an activating group) is 1. The molecule has 1 amide bonds. The summed E-state index contributed by atoms with van der Waals surface area (Å²) < 4.78 is 38.9. The maximum atomic E-state index is 13.0. The number of halogens is 3. The zero-order valence-corrected chi connectivity index (χ0v) is 10.5. The summed E-state index contributed by atoms with van der Waals surface area (Å²) in [6, 6.07) is 4.79. The van der Waals surface area contributed by atoms with Crippen LogP contribution in [0.15, 0.2) is 24.3 Å². The van der Waals surface area contributed by atoms with Gasteiger partial charge in [-0.05, 0) is 32.0 Å². The van der Waals surface area contributed by atoms with Crippen LogP contribution in [-0.4, -0.2) is 25.5 Å². The number of nitrogens with one attached hydrogen (secondary N) is 1. The third kappa shape index (κ3) is 2.73. The van der Waals surface area contributed by atoms with E-state index in [2.05, 4.69) is 5.32 Å². The molecule has 1 aliphatic rings. The van der Waals surface area contributed by atoms with Gasteiger partial charge in [0.05, 0.1) is 17.3 Å². The van der Waals surface area contributed by atoms with Crippen molar-refractivity contribution in [3.63, 3.8) is 0 Å². The number of para-hydroxylation sites is 1. The van der Waals surface area contributed by atoms with Crippen LogP contribution in [-0.2, 0) is 11.0 Å². The topological polar surface area (TPSA) is 32.3 Å². The number of hydrogen-bond acceptors (Lipinski definition) is 2. The molecule has 0 bridgehead atoms. The van der Waals surface area contributed by atoms with Crippen molar-refractivity contribution in [2.24, 2.45) is 0 Å². The van der Waals surface area contributed by atoms with Crippen LogP contribution in [0, 0.1) is 0 Å². The maximum absolute atomic E-state index is 13.0. The van der Waals surface area contributed by atoms with E-state index < -0.39 is 17.8 Å². The molecule has 1 N–H and O–H groups in total. The van der Waals surface area contributed by atoms with Gasteiger partial charge in [0.25, 0.3) is 0 Å². The number of nitrogens with zero attached hydrogens (tertiary/aromatic N) is 1. The summed E-state index contributed by atoms with van der Waals surface area (Å²) in [5.41, 5.74) is -0.819. The smallest absolute Gasteiger partial charge is 0.310 e. The fourth-order valence-corrected chi connectivity index (χ4v) is 2.33. The number of anilines is 1. The van der Waals surface area contributed by atoms with Crippen LogP contribution in [0.1, 0.15) is 18.4 Å². The molecule has 1 aromatic carbocycles. The van der Waals surface area contributed by atoms with Crippen molar-refractivity contribution in [3.05, 3.63) is 29.8 Å². The van der Waals surface area contributed by atoms with E-state index >= 15 is 0 Å². The second kappa shape index (κ2) is 5.21. The van der Waals surface area contributed by atoms with E-state index in [1.807, 2.05) is 0 Å². The predicted octanol–water partition coefficient (Wildman–Crippen LogP) is 2.42. The molecule has 1 saturated heterocycles. The van der Waals surface area contributed by atoms with Crippen molar-refractivity contribution >= 4 is 11.6 Å². The average Bonchev–Trinajstić information content (AvgIpc) is 2.38. The average molecular weight is 272 g/mol. The van der Waals surface area contributed by atoms with E-state index in [0.29, 0.717) is 19.4 Å². The van der Waals surface area contributed by atoms with Gasteiger partial charge in [-0.1, -0.05) is 12.1 Å². The van der Waals surface area contributed by atoms with Gasteiger partial charge in [-0.3, -0.25) is 4.79 Å². The monoisotopic (exact) mass is 272 g/mol. The Balaban J connectivity index is 2.39. The van der Waals surface area contributed by atoms with Gasteiger partial charge in [0.2, 0.25) is 5.91 Å². The molecule has 6 heteroatoms. The molecule has 2 rings (SSSR count). The first-order chi connectivity index (χ1) is 8.95. The predicted molar refractivity (Wildman–Crippen MR) is 65.9 cm³/mol. The molecule has 1 aromatic rings. The van der Waals surface area contributed by atoms with Gasteiger partial charge in [0, 0.05) is 6.54 Å². The molecule has 0 radical (unpaired) electrons. The Morgan fingerprint density at radius 2 is 2.00 bits per heavy atom. The highest BCUT2D eigenvalue weighted by molar-refractivity contribution is 5.98. The van der Waals surface area contributed by atoms with Gasteiger partial charge < -0.3 is 10.2 Å². The Morgan fingerprint density at radius 3 is 2.63 bits per heavy atom. The number of alkyl halides is 3. The van der Waals surface area contributed by atoms with E-state index in [-0.39, 0.29) is 11.6 Å². The molecule has 1 heterocycles. The fraction of sp³-hybridized carbons (Fsp3) is 0.462. The van der Waals surface area contributed by atoms with E-state index in [9.17, 15) is 18.0 Å². The first-order valence-corrected chi connectivity index (χ1v) is 6.10. The Kier molecular flexibility index (Phi) is 3.80. The minimum Gasteiger partial charge on any atom is -0.310 e. The number of piperidine rings is 1. The SMILES string of the molecule is CNC1CCCN(c2ccccc2C(F)(F)F)C1=O. The minimum atomic E-state index is -4.45. The van der Waals surface area contributed by atoms with E-state index in [4.69, 9.17) is 0 Å². The lowest BCUT2D eigenvalue weighted by atomic mass is 10.0. The van der Waals surface area contributed by atoms with Crippen molar-refractivity contribution < 1.29 is 18.0 Å². The highest BCUT2D eigenvalue weighted by Gasteiger charge is 2.37. The van der Waals surface area contributed by atoms with Crippen LogP contribution in [0.4, 0.5) is 18.9 Å². The molecule has 104 valence electrons. The molecule has 0 saturated carbocycles. The summed E-state index contributed by atoms with van der Waals surface area (Å²) in [4.78, 5) is 13.4. The summed E-state index contributed by atoms with van der Waals surface area (Å²) in [7, 11) is 1.64. The minimum absolute atomic E-state index is 0.0556. The third-order valence-corrected chi connectivity index (χ3v) is 3.29. The molecule has 1 fully saturated rings. The molecule has 19 heavy (non-hydrogen) atoms. The lowest BCUT2D eigenvalue weighted by Gasteiger charge is -2.33. The Labute approximate surface area is 109 Å².